The Morgan fingerprint density at radius 1 is 0.794 bits per heavy atom. The van der Waals surface area contributed by atoms with Crippen molar-refractivity contribution in [2.45, 2.75) is 12.6 Å². The number of fused-ring (bicyclic) bond motifs is 1. The lowest BCUT2D eigenvalue weighted by Gasteiger charge is -2.40. The monoisotopic (exact) mass is 498 g/mol. The number of halogens is 2. The number of piperazine rings is 1. The molecule has 5 nitrogen and oxygen atoms in total. The largest absolute Gasteiger partial charge is 0.508 e. The number of nitrogens with zero attached hydrogens (tertiary/aromatic N) is 2. The van der Waals surface area contributed by atoms with Gasteiger partial charge in [0.15, 0.2) is 0 Å². The average molecular weight is 499 g/mol. The summed E-state index contributed by atoms with van der Waals surface area (Å²) in [6.07, 6.45) is 0. The SMILES string of the molecule is Cl.Cl.O=c1cc(CN2CCN(C(c3ccccc3)c3ccccc3)CC2)c2cc(O)ccc2o1. The summed E-state index contributed by atoms with van der Waals surface area (Å²) in [6.45, 7) is 4.31. The van der Waals surface area contributed by atoms with Gasteiger partial charge in [-0.3, -0.25) is 9.80 Å². The quantitative estimate of drug-likeness (QED) is 0.380. The maximum atomic E-state index is 12.0. The minimum absolute atomic E-state index is 0. The molecular weight excluding hydrogens is 471 g/mol. The summed E-state index contributed by atoms with van der Waals surface area (Å²) in [6, 6.07) is 28.0. The zero-order valence-corrected chi connectivity index (χ0v) is 20.3. The molecule has 1 N–H and O–H groups in total. The van der Waals surface area contributed by atoms with Gasteiger partial charge in [0.2, 0.25) is 0 Å². The summed E-state index contributed by atoms with van der Waals surface area (Å²) in [5.74, 6) is 0.172. The smallest absolute Gasteiger partial charge is 0.336 e. The van der Waals surface area contributed by atoms with Crippen LogP contribution >= 0.6 is 24.8 Å². The van der Waals surface area contributed by atoms with Gasteiger partial charge in [-0.1, -0.05) is 60.7 Å². The lowest BCUT2D eigenvalue weighted by Crippen LogP contribution is -2.47. The van der Waals surface area contributed by atoms with E-state index in [1.54, 1.807) is 24.3 Å². The van der Waals surface area contributed by atoms with Crippen LogP contribution in [0.2, 0.25) is 0 Å². The minimum Gasteiger partial charge on any atom is -0.508 e. The second kappa shape index (κ2) is 11.5. The number of hydrogen-bond donors (Lipinski definition) is 1. The van der Waals surface area contributed by atoms with Crippen LogP contribution in [0.3, 0.4) is 0 Å². The lowest BCUT2D eigenvalue weighted by molar-refractivity contribution is 0.105. The highest BCUT2D eigenvalue weighted by molar-refractivity contribution is 5.85. The fourth-order valence-electron chi connectivity index (χ4n) is 4.65. The number of phenolic OH excluding ortho intramolecular Hbond substituents is 1. The molecule has 4 aromatic rings. The molecule has 7 heteroatoms. The first-order valence-electron chi connectivity index (χ1n) is 11.0. The Hall–Kier alpha value is -2.83. The Kier molecular flexibility index (Phi) is 8.75. The van der Waals surface area contributed by atoms with Crippen molar-refractivity contribution in [1.82, 2.24) is 9.80 Å². The molecule has 1 fully saturated rings. The molecule has 0 spiro atoms. The van der Waals surface area contributed by atoms with Crippen LogP contribution in [0, 0.1) is 0 Å². The minimum atomic E-state index is -0.356. The molecule has 178 valence electrons. The van der Waals surface area contributed by atoms with Crippen LogP contribution in [-0.2, 0) is 6.54 Å². The first-order chi connectivity index (χ1) is 15.7. The molecule has 1 aromatic heterocycles. The van der Waals surface area contributed by atoms with Crippen molar-refractivity contribution >= 4 is 35.8 Å². The van der Waals surface area contributed by atoms with Crippen LogP contribution in [0.4, 0.5) is 0 Å². The molecule has 0 aliphatic carbocycles. The predicted molar refractivity (Wildman–Crippen MR) is 140 cm³/mol. The van der Waals surface area contributed by atoms with E-state index in [2.05, 4.69) is 70.5 Å². The molecular formula is C27H28Cl2N2O3. The van der Waals surface area contributed by atoms with Gasteiger partial charge in [0.05, 0.1) is 6.04 Å². The molecule has 0 saturated carbocycles. The van der Waals surface area contributed by atoms with Crippen LogP contribution in [0.5, 0.6) is 5.75 Å². The third-order valence-corrected chi connectivity index (χ3v) is 6.21. The number of hydrogen-bond acceptors (Lipinski definition) is 5. The van der Waals surface area contributed by atoms with Gasteiger partial charge < -0.3 is 9.52 Å². The van der Waals surface area contributed by atoms with Crippen molar-refractivity contribution in [2.75, 3.05) is 26.2 Å². The molecule has 1 aliphatic rings. The first kappa shape index (κ1) is 25.8. The molecule has 34 heavy (non-hydrogen) atoms. The van der Waals surface area contributed by atoms with Gasteiger partial charge in [0.25, 0.3) is 0 Å². The number of phenols is 1. The maximum Gasteiger partial charge on any atom is 0.336 e. The van der Waals surface area contributed by atoms with Gasteiger partial charge in [0.1, 0.15) is 11.3 Å². The van der Waals surface area contributed by atoms with Crippen molar-refractivity contribution in [3.05, 3.63) is 112 Å². The van der Waals surface area contributed by atoms with Crippen molar-refractivity contribution in [3.8, 4) is 5.75 Å². The zero-order valence-electron chi connectivity index (χ0n) is 18.7. The van der Waals surface area contributed by atoms with Crippen molar-refractivity contribution < 1.29 is 9.52 Å². The molecule has 2 heterocycles. The topological polar surface area (TPSA) is 56.9 Å². The van der Waals surface area contributed by atoms with Crippen LogP contribution in [0.15, 0.2) is 94.1 Å². The van der Waals surface area contributed by atoms with Crippen molar-refractivity contribution in [1.29, 1.82) is 0 Å². The van der Waals surface area contributed by atoms with E-state index < -0.39 is 0 Å². The van der Waals surface area contributed by atoms with Crippen molar-refractivity contribution in [3.63, 3.8) is 0 Å². The van der Waals surface area contributed by atoms with E-state index in [4.69, 9.17) is 4.42 Å². The predicted octanol–water partition coefficient (Wildman–Crippen LogP) is 5.25. The summed E-state index contributed by atoms with van der Waals surface area (Å²) < 4.78 is 5.30. The first-order valence-corrected chi connectivity index (χ1v) is 11.0. The molecule has 1 saturated heterocycles. The second-order valence-corrected chi connectivity index (χ2v) is 8.31. The standard InChI is InChI=1S/C27H26N2O3.2ClH/c30-23-11-12-25-24(18-23)22(17-26(31)32-25)19-28-13-15-29(16-14-28)27(20-7-3-1-4-8-20)21-9-5-2-6-10-21;;/h1-12,17-18,27,30H,13-16,19H2;2*1H. The highest BCUT2D eigenvalue weighted by Crippen LogP contribution is 2.30. The van der Waals surface area contributed by atoms with Crippen molar-refractivity contribution in [2.24, 2.45) is 0 Å². The van der Waals surface area contributed by atoms with Crippen LogP contribution in [0.25, 0.3) is 11.0 Å². The molecule has 0 unspecified atom stereocenters. The lowest BCUT2D eigenvalue weighted by atomic mass is 9.96. The van der Waals surface area contributed by atoms with E-state index in [-0.39, 0.29) is 42.2 Å². The van der Waals surface area contributed by atoms with Gasteiger partial charge in [0, 0.05) is 44.2 Å². The third-order valence-electron chi connectivity index (χ3n) is 6.21. The van der Waals surface area contributed by atoms with Gasteiger partial charge in [-0.15, -0.1) is 24.8 Å². The van der Waals surface area contributed by atoms with Crippen LogP contribution < -0.4 is 5.63 Å². The van der Waals surface area contributed by atoms with E-state index in [0.29, 0.717) is 12.1 Å². The molecule has 0 atom stereocenters. The van der Waals surface area contributed by atoms with E-state index in [9.17, 15) is 9.90 Å². The van der Waals surface area contributed by atoms with E-state index in [1.807, 2.05) is 0 Å². The number of rotatable bonds is 5. The average Bonchev–Trinajstić information content (AvgIpc) is 2.82. The van der Waals surface area contributed by atoms with Crippen LogP contribution in [-0.4, -0.2) is 41.1 Å². The van der Waals surface area contributed by atoms with Gasteiger partial charge in [-0.25, -0.2) is 4.79 Å². The number of benzene rings is 3. The van der Waals surface area contributed by atoms with E-state index >= 15 is 0 Å². The molecule has 1 aliphatic heterocycles. The zero-order chi connectivity index (χ0) is 21.9. The Labute approximate surface area is 211 Å². The molecule has 0 radical (unpaired) electrons. The van der Waals surface area contributed by atoms with Gasteiger partial charge in [-0.2, -0.15) is 0 Å². The summed E-state index contributed by atoms with van der Waals surface area (Å²) in [4.78, 5) is 16.9. The third kappa shape index (κ3) is 5.62. The Morgan fingerprint density at radius 2 is 1.38 bits per heavy atom. The highest BCUT2D eigenvalue weighted by atomic mass is 35.5. The number of aromatic hydroxyl groups is 1. The summed E-state index contributed by atoms with van der Waals surface area (Å²) >= 11 is 0. The summed E-state index contributed by atoms with van der Waals surface area (Å²) in [7, 11) is 0. The molecule has 3 aromatic carbocycles. The molecule has 0 bridgehead atoms. The normalized spacial score (nSPS) is 14.5. The molecule has 0 amide bonds. The van der Waals surface area contributed by atoms with Gasteiger partial charge in [-0.05, 0) is 34.9 Å². The van der Waals surface area contributed by atoms with E-state index in [1.165, 1.54) is 11.1 Å². The van der Waals surface area contributed by atoms with Gasteiger partial charge >= 0.3 is 5.63 Å². The molecule has 5 rings (SSSR count). The highest BCUT2D eigenvalue weighted by Gasteiger charge is 2.26. The second-order valence-electron chi connectivity index (χ2n) is 8.31. The summed E-state index contributed by atoms with van der Waals surface area (Å²) in [5, 5.41) is 10.7. The summed E-state index contributed by atoms with van der Waals surface area (Å²) in [5.41, 5.74) is 3.65. The fourth-order valence-corrected chi connectivity index (χ4v) is 4.65. The fraction of sp³-hybridized carbons (Fsp3) is 0.222. The Morgan fingerprint density at radius 3 is 1.97 bits per heavy atom. The van der Waals surface area contributed by atoms with Crippen LogP contribution in [0.1, 0.15) is 22.7 Å². The maximum absolute atomic E-state index is 12.0. The Balaban J connectivity index is 0.00000162. The Bertz CT molecular complexity index is 1220. The van der Waals surface area contributed by atoms with E-state index in [0.717, 1.165) is 37.1 Å².